The van der Waals surface area contributed by atoms with Crippen molar-refractivity contribution in [3.8, 4) is 0 Å². The van der Waals surface area contributed by atoms with Crippen molar-refractivity contribution in [1.29, 1.82) is 0 Å². The number of carbonyl (C=O) groups is 4. The number of imide groups is 1. The molecule has 0 atom stereocenters. The van der Waals surface area contributed by atoms with Crippen molar-refractivity contribution < 1.29 is 28.8 Å². The van der Waals surface area contributed by atoms with E-state index in [9.17, 15) is 19.2 Å². The van der Waals surface area contributed by atoms with Crippen LogP contribution in [0.3, 0.4) is 0 Å². The van der Waals surface area contributed by atoms with Crippen LogP contribution >= 0.6 is 0 Å². The number of amides is 3. The maximum absolute atomic E-state index is 13.0. The predicted molar refractivity (Wildman–Crippen MR) is 105 cm³/mol. The summed E-state index contributed by atoms with van der Waals surface area (Å²) >= 11 is 0. The van der Waals surface area contributed by atoms with Gasteiger partial charge in [-0.15, -0.1) is 0 Å². The van der Waals surface area contributed by atoms with Crippen LogP contribution in [0.1, 0.15) is 80.0 Å². The smallest absolute Gasteiger partial charge is 0.408 e. The zero-order valence-corrected chi connectivity index (χ0v) is 17.4. The number of alkyl carbamates (subject to hydrolysis) is 1. The van der Waals surface area contributed by atoms with Gasteiger partial charge in [0, 0.05) is 5.54 Å². The standard InChI is InChI=1S/C22H26N2O6/c1-20(2,3)29-19(28)23-22-11-8-21(9-12-22,10-13-22)18(27)30-24-16(25)14-6-4-5-7-15(14)17(24)26/h4-7H,8-13H2,1-3H3,(H,23,28). The average molecular weight is 414 g/mol. The van der Waals surface area contributed by atoms with Crippen molar-refractivity contribution >= 4 is 23.9 Å². The van der Waals surface area contributed by atoms with Gasteiger partial charge >= 0.3 is 12.1 Å². The molecule has 30 heavy (non-hydrogen) atoms. The fourth-order valence-electron chi connectivity index (χ4n) is 4.63. The van der Waals surface area contributed by atoms with Crippen LogP contribution in [0.25, 0.3) is 0 Å². The zero-order valence-electron chi connectivity index (χ0n) is 17.4. The molecule has 1 aromatic rings. The van der Waals surface area contributed by atoms with E-state index in [2.05, 4.69) is 5.32 Å². The summed E-state index contributed by atoms with van der Waals surface area (Å²) in [4.78, 5) is 55.5. The van der Waals surface area contributed by atoms with Crippen LogP contribution in [0.2, 0.25) is 0 Å². The van der Waals surface area contributed by atoms with Crippen molar-refractivity contribution in [2.24, 2.45) is 5.41 Å². The summed E-state index contributed by atoms with van der Waals surface area (Å²) in [6, 6.07) is 6.40. The van der Waals surface area contributed by atoms with E-state index in [-0.39, 0.29) is 16.7 Å². The largest absolute Gasteiger partial charge is 0.444 e. The number of hydrogen-bond acceptors (Lipinski definition) is 6. The van der Waals surface area contributed by atoms with Crippen LogP contribution in [0, 0.1) is 5.41 Å². The molecule has 3 saturated carbocycles. The van der Waals surface area contributed by atoms with Gasteiger partial charge in [0.1, 0.15) is 5.60 Å². The van der Waals surface area contributed by atoms with Crippen LogP contribution in [0.5, 0.6) is 0 Å². The number of hydrogen-bond donors (Lipinski definition) is 1. The number of carbonyl (C=O) groups excluding carboxylic acids is 4. The highest BCUT2D eigenvalue weighted by atomic mass is 16.7. The summed E-state index contributed by atoms with van der Waals surface area (Å²) in [5.74, 6) is -1.79. The molecule has 0 saturated heterocycles. The van der Waals surface area contributed by atoms with Gasteiger partial charge in [-0.3, -0.25) is 9.59 Å². The van der Waals surface area contributed by atoms with Gasteiger partial charge in [-0.25, -0.2) is 9.59 Å². The van der Waals surface area contributed by atoms with Gasteiger partial charge in [0.2, 0.25) is 0 Å². The summed E-state index contributed by atoms with van der Waals surface area (Å²) in [7, 11) is 0. The van der Waals surface area contributed by atoms with E-state index >= 15 is 0 Å². The third-order valence-corrected chi connectivity index (χ3v) is 6.38. The molecule has 3 fully saturated rings. The van der Waals surface area contributed by atoms with E-state index < -0.39 is 34.9 Å². The third-order valence-electron chi connectivity index (χ3n) is 6.38. The van der Waals surface area contributed by atoms with Gasteiger partial charge in [0.25, 0.3) is 11.8 Å². The van der Waals surface area contributed by atoms with Crippen LogP contribution in [-0.2, 0) is 14.4 Å². The summed E-state index contributed by atoms with van der Waals surface area (Å²) in [5.41, 5.74) is -1.24. The molecule has 1 aliphatic heterocycles. The molecule has 1 N–H and O–H groups in total. The first-order valence-corrected chi connectivity index (χ1v) is 10.3. The van der Waals surface area contributed by atoms with Crippen molar-refractivity contribution in [2.45, 2.75) is 70.4 Å². The van der Waals surface area contributed by atoms with Gasteiger partial charge in [-0.2, -0.15) is 0 Å². The molecule has 5 rings (SSSR count). The highest BCUT2D eigenvalue weighted by Gasteiger charge is 2.55. The number of benzene rings is 1. The van der Waals surface area contributed by atoms with Crippen molar-refractivity contribution in [3.05, 3.63) is 35.4 Å². The number of rotatable bonds is 3. The Labute approximate surface area is 174 Å². The molecule has 3 aliphatic carbocycles. The Hall–Kier alpha value is -2.90. The Morgan fingerprint density at radius 2 is 1.43 bits per heavy atom. The Kier molecular flexibility index (Phi) is 4.63. The second-order valence-electron chi connectivity index (χ2n) is 9.52. The summed E-state index contributed by atoms with van der Waals surface area (Å²) in [6.07, 6.45) is 2.95. The van der Waals surface area contributed by atoms with E-state index in [1.807, 2.05) is 20.8 Å². The second kappa shape index (κ2) is 6.82. The van der Waals surface area contributed by atoms with Crippen molar-refractivity contribution in [1.82, 2.24) is 10.4 Å². The lowest BCUT2D eigenvalue weighted by Crippen LogP contribution is -2.59. The van der Waals surface area contributed by atoms with E-state index in [1.165, 1.54) is 0 Å². The monoisotopic (exact) mass is 414 g/mol. The third kappa shape index (κ3) is 3.44. The van der Waals surface area contributed by atoms with E-state index in [1.54, 1.807) is 24.3 Å². The molecule has 1 heterocycles. The topological polar surface area (TPSA) is 102 Å². The predicted octanol–water partition coefficient (Wildman–Crippen LogP) is 3.36. The van der Waals surface area contributed by atoms with Crippen LogP contribution < -0.4 is 5.32 Å². The number of nitrogens with one attached hydrogen (secondary N) is 1. The molecule has 0 radical (unpaired) electrons. The van der Waals surface area contributed by atoms with Crippen LogP contribution in [0.15, 0.2) is 24.3 Å². The van der Waals surface area contributed by atoms with Gasteiger partial charge in [-0.05, 0) is 71.4 Å². The van der Waals surface area contributed by atoms with Crippen LogP contribution in [-0.4, -0.2) is 40.1 Å². The van der Waals surface area contributed by atoms with E-state index in [0.717, 1.165) is 0 Å². The van der Waals surface area contributed by atoms with Gasteiger partial charge < -0.3 is 14.9 Å². The minimum Gasteiger partial charge on any atom is -0.444 e. The maximum Gasteiger partial charge on any atom is 0.408 e. The molecule has 1 aromatic carbocycles. The Balaban J connectivity index is 1.40. The molecular formula is C22H26N2O6. The lowest BCUT2D eigenvalue weighted by atomic mass is 9.57. The molecular weight excluding hydrogens is 388 g/mol. The van der Waals surface area contributed by atoms with E-state index in [4.69, 9.17) is 9.57 Å². The fourth-order valence-corrected chi connectivity index (χ4v) is 4.63. The first kappa shape index (κ1) is 20.4. The normalized spacial score (nSPS) is 27.6. The molecule has 160 valence electrons. The Morgan fingerprint density at radius 3 is 1.90 bits per heavy atom. The average Bonchev–Trinajstić information content (AvgIpc) is 2.93. The quantitative estimate of drug-likeness (QED) is 0.761. The molecule has 4 aliphatic rings. The Morgan fingerprint density at radius 1 is 0.933 bits per heavy atom. The fraction of sp³-hybridized carbons (Fsp3) is 0.545. The van der Waals surface area contributed by atoms with E-state index in [0.29, 0.717) is 43.6 Å². The summed E-state index contributed by atoms with van der Waals surface area (Å²) in [6.45, 7) is 5.44. The van der Waals surface area contributed by atoms with Gasteiger partial charge in [-0.1, -0.05) is 17.2 Å². The Bertz CT molecular complexity index is 872. The number of hydroxylamine groups is 2. The molecule has 8 nitrogen and oxygen atoms in total. The second-order valence-corrected chi connectivity index (χ2v) is 9.52. The number of fused-ring (bicyclic) bond motifs is 4. The molecule has 0 unspecified atom stereocenters. The highest BCUT2D eigenvalue weighted by molar-refractivity contribution is 6.20. The van der Waals surface area contributed by atoms with Gasteiger partial charge in [0.15, 0.2) is 0 Å². The highest BCUT2D eigenvalue weighted by Crippen LogP contribution is 2.53. The van der Waals surface area contributed by atoms with Crippen molar-refractivity contribution in [2.75, 3.05) is 0 Å². The lowest BCUT2D eigenvalue weighted by Gasteiger charge is -2.51. The lowest BCUT2D eigenvalue weighted by molar-refractivity contribution is -0.188. The van der Waals surface area contributed by atoms with Gasteiger partial charge in [0.05, 0.1) is 16.5 Å². The molecule has 0 aromatic heterocycles. The molecule has 2 bridgehead atoms. The molecule has 8 heteroatoms. The first-order chi connectivity index (χ1) is 14.0. The van der Waals surface area contributed by atoms with Crippen molar-refractivity contribution in [3.63, 3.8) is 0 Å². The summed E-state index contributed by atoms with van der Waals surface area (Å²) < 4.78 is 5.38. The van der Waals surface area contributed by atoms with Crippen LogP contribution in [0.4, 0.5) is 4.79 Å². The number of nitrogens with zero attached hydrogens (tertiary/aromatic N) is 1. The first-order valence-electron chi connectivity index (χ1n) is 10.3. The number of ether oxygens (including phenoxy) is 1. The minimum absolute atomic E-state index is 0.237. The zero-order chi connectivity index (χ0) is 21.7. The molecule has 3 amide bonds. The summed E-state index contributed by atoms with van der Waals surface area (Å²) in [5, 5.41) is 3.58. The molecule has 0 spiro atoms. The maximum atomic E-state index is 13.0. The SMILES string of the molecule is CC(C)(C)OC(=O)NC12CCC(C(=O)ON3C(=O)c4ccccc4C3=O)(CC1)CC2. The minimum atomic E-state index is -0.743.